The highest BCUT2D eigenvalue weighted by Gasteiger charge is 2.16. The highest BCUT2D eigenvalue weighted by molar-refractivity contribution is 5.85. The van der Waals surface area contributed by atoms with E-state index in [4.69, 9.17) is 10.5 Å². The molecule has 7 heteroatoms. The quantitative estimate of drug-likeness (QED) is 0.841. The van der Waals surface area contributed by atoms with Crippen LogP contribution in [0.4, 0.5) is 0 Å². The molecule has 1 heterocycles. The van der Waals surface area contributed by atoms with Gasteiger partial charge >= 0.3 is 0 Å². The van der Waals surface area contributed by atoms with Gasteiger partial charge in [-0.1, -0.05) is 24.3 Å². The predicted molar refractivity (Wildman–Crippen MR) is 92.5 cm³/mol. The molecule has 1 aromatic carbocycles. The normalized spacial score (nSPS) is 18.0. The molecule has 1 unspecified atom stereocenters. The number of ether oxygens (including phenoxy) is 1. The van der Waals surface area contributed by atoms with Gasteiger partial charge in [0.1, 0.15) is 0 Å². The van der Waals surface area contributed by atoms with Gasteiger partial charge in [0.25, 0.3) is 0 Å². The molecule has 126 valence electrons. The van der Waals surface area contributed by atoms with E-state index in [1.54, 1.807) is 0 Å². The third-order valence-corrected chi connectivity index (χ3v) is 3.40. The molecule has 1 amide bonds. The second-order valence-corrected chi connectivity index (χ2v) is 5.22. The van der Waals surface area contributed by atoms with Crippen molar-refractivity contribution in [2.75, 3.05) is 26.2 Å². The maximum Gasteiger partial charge on any atom is 0.234 e. The predicted octanol–water partition coefficient (Wildman–Crippen LogP) is 1.33. The lowest BCUT2D eigenvalue weighted by molar-refractivity contribution is -0.119. The summed E-state index contributed by atoms with van der Waals surface area (Å²) in [5.74, 6) is -0.127. The summed E-state index contributed by atoms with van der Waals surface area (Å²) in [5, 5.41) is 2.79. The summed E-state index contributed by atoms with van der Waals surface area (Å²) >= 11 is 0. The molecule has 1 atom stereocenters. The number of carbonyl (C=O) groups excluding carboxylic acids is 1. The van der Waals surface area contributed by atoms with E-state index in [2.05, 4.69) is 29.3 Å². The van der Waals surface area contributed by atoms with E-state index in [1.807, 2.05) is 12.1 Å². The maximum atomic E-state index is 11.2. The van der Waals surface area contributed by atoms with Crippen molar-refractivity contribution in [3.63, 3.8) is 0 Å². The third-order valence-electron chi connectivity index (χ3n) is 3.40. The smallest absolute Gasteiger partial charge is 0.234 e. The van der Waals surface area contributed by atoms with Crippen molar-refractivity contribution in [2.24, 2.45) is 5.73 Å². The highest BCUT2D eigenvalue weighted by Crippen LogP contribution is 2.12. The lowest BCUT2D eigenvalue weighted by Gasteiger charge is -2.31. The monoisotopic (exact) mass is 349 g/mol. The van der Waals surface area contributed by atoms with Crippen LogP contribution in [0.3, 0.4) is 0 Å². The molecule has 0 aromatic heterocycles. The molecular formula is C15H25Cl2N3O2. The van der Waals surface area contributed by atoms with Crippen molar-refractivity contribution in [3.05, 3.63) is 35.4 Å². The number of hydrogen-bond donors (Lipinski definition) is 2. The van der Waals surface area contributed by atoms with E-state index >= 15 is 0 Å². The van der Waals surface area contributed by atoms with Gasteiger partial charge < -0.3 is 15.8 Å². The van der Waals surface area contributed by atoms with Crippen molar-refractivity contribution in [2.45, 2.75) is 26.1 Å². The van der Waals surface area contributed by atoms with Gasteiger partial charge in [-0.05, 0) is 18.1 Å². The first-order chi connectivity index (χ1) is 9.67. The minimum absolute atomic E-state index is 0. The van der Waals surface area contributed by atoms with Crippen LogP contribution in [0.5, 0.6) is 0 Å². The van der Waals surface area contributed by atoms with Crippen LogP contribution in [0.25, 0.3) is 0 Å². The summed E-state index contributed by atoms with van der Waals surface area (Å²) < 4.78 is 5.55. The Bertz CT molecular complexity index is 460. The molecule has 0 saturated carbocycles. The number of halogens is 2. The fraction of sp³-hybridized carbons (Fsp3) is 0.533. The Labute approximate surface area is 144 Å². The molecule has 0 aliphatic carbocycles. The molecule has 3 N–H and O–H groups in total. The molecule has 0 spiro atoms. The number of benzene rings is 1. The van der Waals surface area contributed by atoms with Crippen LogP contribution in [-0.2, 0) is 22.6 Å². The van der Waals surface area contributed by atoms with E-state index in [9.17, 15) is 4.79 Å². The molecular weight excluding hydrogens is 325 g/mol. The summed E-state index contributed by atoms with van der Waals surface area (Å²) in [4.78, 5) is 13.6. The zero-order valence-electron chi connectivity index (χ0n) is 12.8. The summed E-state index contributed by atoms with van der Waals surface area (Å²) in [6, 6.07) is 8.30. The topological polar surface area (TPSA) is 67.6 Å². The van der Waals surface area contributed by atoms with E-state index in [1.165, 1.54) is 5.56 Å². The molecule has 1 aliphatic heterocycles. The molecule has 0 radical (unpaired) electrons. The summed E-state index contributed by atoms with van der Waals surface area (Å²) in [5.41, 5.74) is 7.64. The van der Waals surface area contributed by atoms with Gasteiger partial charge in [0, 0.05) is 26.2 Å². The van der Waals surface area contributed by atoms with Crippen molar-refractivity contribution in [1.29, 1.82) is 0 Å². The van der Waals surface area contributed by atoms with Gasteiger partial charge in [-0.2, -0.15) is 0 Å². The number of hydrogen-bond acceptors (Lipinski definition) is 4. The van der Waals surface area contributed by atoms with Gasteiger partial charge in [0.2, 0.25) is 5.91 Å². The Morgan fingerprint density at radius 1 is 1.41 bits per heavy atom. The molecule has 1 saturated heterocycles. The molecule has 1 aliphatic rings. The van der Waals surface area contributed by atoms with Crippen LogP contribution in [-0.4, -0.2) is 43.2 Å². The second-order valence-electron chi connectivity index (χ2n) is 5.22. The van der Waals surface area contributed by atoms with Gasteiger partial charge in [0.15, 0.2) is 0 Å². The standard InChI is InChI=1S/C15H23N3O2.2ClH/c1-12-10-18(5-6-20-12)11-14-4-2-3-13(7-14)9-17-15(19)8-16;;/h2-4,7,12H,5-6,8-11,16H2,1H3,(H,17,19);2*1H. The van der Waals surface area contributed by atoms with Crippen molar-refractivity contribution < 1.29 is 9.53 Å². The molecule has 5 nitrogen and oxygen atoms in total. The number of rotatable bonds is 5. The molecule has 22 heavy (non-hydrogen) atoms. The van der Waals surface area contributed by atoms with Gasteiger partial charge in [-0.15, -0.1) is 24.8 Å². The number of carbonyl (C=O) groups is 1. The lowest BCUT2D eigenvalue weighted by Crippen LogP contribution is -2.40. The molecule has 1 aromatic rings. The summed E-state index contributed by atoms with van der Waals surface area (Å²) in [6.07, 6.45) is 0.302. The number of nitrogens with two attached hydrogens (primary N) is 1. The van der Waals surface area contributed by atoms with E-state index in [0.717, 1.165) is 31.8 Å². The van der Waals surface area contributed by atoms with Crippen LogP contribution in [0.2, 0.25) is 0 Å². The van der Waals surface area contributed by atoms with Crippen LogP contribution >= 0.6 is 24.8 Å². The van der Waals surface area contributed by atoms with Gasteiger partial charge in [-0.25, -0.2) is 0 Å². The minimum atomic E-state index is -0.127. The first-order valence-corrected chi connectivity index (χ1v) is 7.06. The maximum absolute atomic E-state index is 11.2. The van der Waals surface area contributed by atoms with Gasteiger partial charge in [0.05, 0.1) is 19.3 Å². The first kappa shape index (κ1) is 21.1. The molecule has 1 fully saturated rings. The lowest BCUT2D eigenvalue weighted by atomic mass is 10.1. The number of amides is 1. The van der Waals surface area contributed by atoms with Crippen molar-refractivity contribution in [3.8, 4) is 0 Å². The van der Waals surface area contributed by atoms with Crippen LogP contribution in [0, 0.1) is 0 Å². The molecule has 0 bridgehead atoms. The van der Waals surface area contributed by atoms with E-state index < -0.39 is 0 Å². The number of nitrogens with zero attached hydrogens (tertiary/aromatic N) is 1. The van der Waals surface area contributed by atoms with Crippen molar-refractivity contribution >= 4 is 30.7 Å². The van der Waals surface area contributed by atoms with Crippen LogP contribution in [0.1, 0.15) is 18.1 Å². The largest absolute Gasteiger partial charge is 0.376 e. The fourth-order valence-corrected chi connectivity index (χ4v) is 2.40. The molecule has 2 rings (SSSR count). The van der Waals surface area contributed by atoms with Crippen molar-refractivity contribution in [1.82, 2.24) is 10.2 Å². The summed E-state index contributed by atoms with van der Waals surface area (Å²) in [7, 11) is 0. The van der Waals surface area contributed by atoms with Gasteiger partial charge in [-0.3, -0.25) is 9.69 Å². The van der Waals surface area contributed by atoms with Crippen LogP contribution < -0.4 is 11.1 Å². The Hall–Kier alpha value is -0.850. The van der Waals surface area contributed by atoms with E-state index in [-0.39, 0.29) is 37.3 Å². The SMILES string of the molecule is CC1CN(Cc2cccc(CNC(=O)CN)c2)CCO1.Cl.Cl. The Kier molecular flexibility index (Phi) is 10.4. The fourth-order valence-electron chi connectivity index (χ4n) is 2.40. The van der Waals surface area contributed by atoms with Crippen LogP contribution in [0.15, 0.2) is 24.3 Å². The minimum Gasteiger partial charge on any atom is -0.376 e. The first-order valence-electron chi connectivity index (χ1n) is 7.06. The zero-order chi connectivity index (χ0) is 14.4. The average molecular weight is 350 g/mol. The Morgan fingerprint density at radius 3 is 2.82 bits per heavy atom. The summed E-state index contributed by atoms with van der Waals surface area (Å²) in [6.45, 7) is 6.33. The Morgan fingerprint density at radius 2 is 2.14 bits per heavy atom. The Balaban J connectivity index is 0.00000220. The highest BCUT2D eigenvalue weighted by atomic mass is 35.5. The zero-order valence-corrected chi connectivity index (χ0v) is 14.4. The second kappa shape index (κ2) is 10.8. The average Bonchev–Trinajstić information content (AvgIpc) is 2.45. The third kappa shape index (κ3) is 6.94. The number of morpholine rings is 1. The van der Waals surface area contributed by atoms with E-state index in [0.29, 0.717) is 12.6 Å². The number of nitrogens with one attached hydrogen (secondary N) is 1.